The molecule has 37 heavy (non-hydrogen) atoms. The van der Waals surface area contributed by atoms with Gasteiger partial charge in [0.15, 0.2) is 0 Å². The van der Waals surface area contributed by atoms with Crippen molar-refractivity contribution >= 4 is 45.4 Å². The van der Waals surface area contributed by atoms with Crippen molar-refractivity contribution < 1.29 is 19.5 Å². The van der Waals surface area contributed by atoms with Gasteiger partial charge in [-0.15, -0.1) is 11.8 Å². The first kappa shape index (κ1) is 28.4. The van der Waals surface area contributed by atoms with Gasteiger partial charge in [0.05, 0.1) is 16.6 Å². The largest absolute Gasteiger partial charge is 0.396 e. The van der Waals surface area contributed by atoms with E-state index in [4.69, 9.17) is 5.11 Å². The summed E-state index contributed by atoms with van der Waals surface area (Å²) in [5.41, 5.74) is 1.01. The van der Waals surface area contributed by atoms with E-state index >= 15 is 0 Å². The number of carbonyl (C=O) groups excluding carboxylic acids is 3. The maximum absolute atomic E-state index is 14.0. The smallest absolute Gasteiger partial charge is 0.244 e. The van der Waals surface area contributed by atoms with Crippen molar-refractivity contribution in [1.29, 1.82) is 0 Å². The summed E-state index contributed by atoms with van der Waals surface area (Å²) in [6.07, 6.45) is 5.85. The van der Waals surface area contributed by atoms with E-state index in [0.29, 0.717) is 19.5 Å². The summed E-state index contributed by atoms with van der Waals surface area (Å²) >= 11 is 5.50. The topological polar surface area (TPSA) is 98.7 Å². The molecule has 3 aliphatic rings. The van der Waals surface area contributed by atoms with Crippen LogP contribution in [0.1, 0.15) is 64.4 Å². The number of aliphatic hydroxyl groups excluding tert-OH is 1. The molecule has 9 heteroatoms. The molecule has 3 saturated heterocycles. The van der Waals surface area contributed by atoms with Crippen molar-refractivity contribution in [1.82, 2.24) is 15.5 Å². The first-order valence-corrected chi connectivity index (χ1v) is 15.5. The zero-order valence-corrected chi connectivity index (χ0v) is 24.2. The fourth-order valence-corrected chi connectivity index (χ4v) is 10.1. The van der Waals surface area contributed by atoms with Crippen LogP contribution < -0.4 is 10.6 Å². The van der Waals surface area contributed by atoms with Gasteiger partial charge in [-0.3, -0.25) is 14.4 Å². The van der Waals surface area contributed by atoms with Crippen molar-refractivity contribution in [3.8, 4) is 0 Å². The number of fused-ring (bicyclic) bond motifs is 1. The fraction of sp³-hybridized carbons (Fsp3) is 0.679. The average molecular weight is 595 g/mol. The molecule has 4 unspecified atom stereocenters. The van der Waals surface area contributed by atoms with E-state index in [2.05, 4.69) is 33.5 Å². The lowest BCUT2D eigenvalue weighted by atomic mass is 9.70. The van der Waals surface area contributed by atoms with Gasteiger partial charge in [0.1, 0.15) is 6.04 Å². The zero-order chi connectivity index (χ0) is 26.6. The molecule has 1 aromatic rings. The molecule has 7 nitrogen and oxygen atoms in total. The second kappa shape index (κ2) is 12.5. The van der Waals surface area contributed by atoms with Gasteiger partial charge in [0.25, 0.3) is 0 Å². The molecule has 7 atom stereocenters. The minimum atomic E-state index is -0.605. The first-order valence-electron chi connectivity index (χ1n) is 13.7. The third-order valence-corrected chi connectivity index (χ3v) is 11.3. The number of alkyl halides is 1. The molecule has 0 saturated carbocycles. The lowest BCUT2D eigenvalue weighted by molar-refractivity contribution is -0.140. The first-order chi connectivity index (χ1) is 17.8. The molecule has 0 aliphatic carbocycles. The molecular weight excluding hydrogens is 554 g/mol. The second-order valence-corrected chi connectivity index (χ2v) is 13.5. The van der Waals surface area contributed by atoms with Crippen LogP contribution in [0.3, 0.4) is 0 Å². The molecule has 4 rings (SSSR count). The number of amides is 3. The summed E-state index contributed by atoms with van der Waals surface area (Å²) in [7, 11) is 0. The maximum Gasteiger partial charge on any atom is 0.244 e. The van der Waals surface area contributed by atoms with Gasteiger partial charge in [-0.25, -0.2) is 0 Å². The summed E-state index contributed by atoms with van der Waals surface area (Å²) in [4.78, 5) is 43.2. The predicted octanol–water partition coefficient (Wildman–Crippen LogP) is 3.62. The Bertz CT molecular complexity index is 966. The Morgan fingerprint density at radius 3 is 2.62 bits per heavy atom. The summed E-state index contributed by atoms with van der Waals surface area (Å²) in [5, 5.41) is 15.3. The van der Waals surface area contributed by atoms with Gasteiger partial charge < -0.3 is 20.6 Å². The number of nitrogens with zero attached hydrogens (tertiary/aromatic N) is 1. The van der Waals surface area contributed by atoms with E-state index in [9.17, 15) is 14.4 Å². The number of unbranched alkanes of at least 4 members (excludes halogenated alkanes) is 3. The van der Waals surface area contributed by atoms with Crippen molar-refractivity contribution in [3.63, 3.8) is 0 Å². The Hall–Kier alpha value is -1.58. The van der Waals surface area contributed by atoms with Crippen LogP contribution >= 0.6 is 27.7 Å². The van der Waals surface area contributed by atoms with Crippen LogP contribution in [-0.2, 0) is 20.9 Å². The quantitative estimate of drug-likeness (QED) is 0.240. The molecule has 1 aromatic carbocycles. The fourth-order valence-electron chi connectivity index (χ4n) is 6.45. The number of rotatable bonds is 13. The van der Waals surface area contributed by atoms with E-state index in [1.807, 2.05) is 37.3 Å². The van der Waals surface area contributed by atoms with E-state index < -0.39 is 22.6 Å². The minimum Gasteiger partial charge on any atom is -0.396 e. The van der Waals surface area contributed by atoms with Crippen LogP contribution in [0.15, 0.2) is 30.3 Å². The normalized spacial score (nSPS) is 30.9. The average Bonchev–Trinajstić information content (AvgIpc) is 3.46. The number of nitrogens with one attached hydrogen (secondary N) is 2. The molecule has 3 fully saturated rings. The molecule has 0 aromatic heterocycles. The standard InChI is InChI=1S/C28H40BrN3O4S/c1-3-11-18(2)31-26(35)24-28-16-20(29)23(37-28)21(25(34)30-17-19-12-7-6-8-13-19)22(28)27(36)32(24)14-9-4-5-10-15-33/h6-8,12-13,18,20-24,33H,3-5,9-11,14-17H2,1-2H3,(H,30,34)(H,31,35)/t18?,20?,21-,22-,23-,24?,28?/m0/s1. The minimum absolute atomic E-state index is 0.0304. The van der Waals surface area contributed by atoms with Gasteiger partial charge in [-0.2, -0.15) is 0 Å². The third-order valence-electron chi connectivity index (χ3n) is 8.07. The summed E-state index contributed by atoms with van der Waals surface area (Å²) in [6, 6.07) is 9.23. The van der Waals surface area contributed by atoms with Crippen LogP contribution in [0.4, 0.5) is 0 Å². The Labute approximate surface area is 233 Å². The van der Waals surface area contributed by atoms with E-state index in [1.165, 1.54) is 0 Å². The number of thioether (sulfide) groups is 1. The van der Waals surface area contributed by atoms with Gasteiger partial charge in [0, 0.05) is 35.8 Å². The zero-order valence-electron chi connectivity index (χ0n) is 21.8. The van der Waals surface area contributed by atoms with Gasteiger partial charge in [0.2, 0.25) is 17.7 Å². The molecule has 3 aliphatic heterocycles. The Morgan fingerprint density at radius 1 is 1.19 bits per heavy atom. The van der Waals surface area contributed by atoms with Crippen LogP contribution in [0.25, 0.3) is 0 Å². The molecule has 3 N–H and O–H groups in total. The number of benzene rings is 1. The van der Waals surface area contributed by atoms with E-state index in [-0.39, 0.29) is 40.4 Å². The molecule has 2 bridgehead atoms. The van der Waals surface area contributed by atoms with Gasteiger partial charge >= 0.3 is 0 Å². The van der Waals surface area contributed by atoms with Crippen LogP contribution in [0.5, 0.6) is 0 Å². The third kappa shape index (κ3) is 5.74. The molecule has 1 spiro atoms. The predicted molar refractivity (Wildman–Crippen MR) is 150 cm³/mol. The second-order valence-electron chi connectivity index (χ2n) is 10.7. The monoisotopic (exact) mass is 593 g/mol. The van der Waals surface area contributed by atoms with Gasteiger partial charge in [-0.1, -0.05) is 72.4 Å². The van der Waals surface area contributed by atoms with Crippen LogP contribution in [0, 0.1) is 11.8 Å². The number of hydrogen-bond acceptors (Lipinski definition) is 5. The maximum atomic E-state index is 14.0. The summed E-state index contributed by atoms with van der Waals surface area (Å²) in [6.45, 7) is 5.19. The van der Waals surface area contributed by atoms with Crippen molar-refractivity contribution in [2.24, 2.45) is 11.8 Å². The highest BCUT2D eigenvalue weighted by atomic mass is 79.9. The van der Waals surface area contributed by atoms with Crippen LogP contribution in [0.2, 0.25) is 0 Å². The van der Waals surface area contributed by atoms with Crippen molar-refractivity contribution in [3.05, 3.63) is 35.9 Å². The summed E-state index contributed by atoms with van der Waals surface area (Å²) < 4.78 is -0.605. The highest BCUT2D eigenvalue weighted by Crippen LogP contribution is 2.67. The molecule has 204 valence electrons. The molecular formula is C28H40BrN3O4S. The Kier molecular flexibility index (Phi) is 9.62. The molecule has 3 amide bonds. The number of hydrogen-bond donors (Lipinski definition) is 3. The lowest BCUT2D eigenvalue weighted by Crippen LogP contribution is -2.56. The van der Waals surface area contributed by atoms with E-state index in [0.717, 1.165) is 44.1 Å². The Morgan fingerprint density at radius 2 is 1.92 bits per heavy atom. The highest BCUT2D eigenvalue weighted by molar-refractivity contribution is 9.09. The van der Waals surface area contributed by atoms with Crippen LogP contribution in [-0.4, -0.2) is 67.8 Å². The number of halogens is 1. The molecule has 3 heterocycles. The lowest BCUT2D eigenvalue weighted by Gasteiger charge is -2.36. The number of aliphatic hydroxyl groups is 1. The van der Waals surface area contributed by atoms with E-state index in [1.54, 1.807) is 16.7 Å². The number of likely N-dealkylation sites (tertiary alicyclic amines) is 1. The Balaban J connectivity index is 1.57. The number of carbonyl (C=O) groups is 3. The molecule has 0 radical (unpaired) electrons. The SMILES string of the molecule is CCCC(C)NC(=O)C1N(CCCCCCO)C(=O)[C@@H]2[C@H](C(=O)NCc3ccccc3)[C@H]3SC12CC3Br. The van der Waals surface area contributed by atoms with Crippen molar-refractivity contribution in [2.75, 3.05) is 13.2 Å². The van der Waals surface area contributed by atoms with Crippen molar-refractivity contribution in [2.45, 2.75) is 92.2 Å². The summed E-state index contributed by atoms with van der Waals surface area (Å²) in [5.74, 6) is -1.22. The van der Waals surface area contributed by atoms with Gasteiger partial charge in [-0.05, 0) is 38.2 Å². The highest BCUT2D eigenvalue weighted by Gasteiger charge is 2.75.